The molecule has 8 bridgehead atoms. The Morgan fingerprint density at radius 1 is 1.02 bits per heavy atom. The lowest BCUT2D eigenvalue weighted by Gasteiger charge is -2.40. The zero-order chi connectivity index (χ0) is 38.2. The molecule has 2 aliphatic rings. The Balaban J connectivity index is 0.000000979. The molecule has 3 heterocycles. The molecule has 1 aliphatic carbocycles. The summed E-state index contributed by atoms with van der Waals surface area (Å²) < 4.78 is 29.8. The third-order valence-corrected chi connectivity index (χ3v) is 9.55. The van der Waals surface area contributed by atoms with Crippen molar-refractivity contribution in [1.29, 1.82) is 0 Å². The zero-order valence-electron chi connectivity index (χ0n) is 32.7. The van der Waals surface area contributed by atoms with E-state index >= 15 is 4.39 Å². The second kappa shape index (κ2) is 14.6. The predicted octanol–water partition coefficient (Wildman–Crippen LogP) is 8.54. The molecule has 1 N–H and O–H groups in total. The number of benzene rings is 2. The highest BCUT2D eigenvalue weighted by atomic mass is 19.1. The highest BCUT2D eigenvalue weighted by Gasteiger charge is 2.37. The molecule has 2 unspecified atom stereocenters. The number of aromatic nitrogens is 3. The van der Waals surface area contributed by atoms with Gasteiger partial charge in [0, 0.05) is 52.5 Å². The van der Waals surface area contributed by atoms with Gasteiger partial charge in [0.2, 0.25) is 0 Å². The number of allylic oxidation sites excluding steroid dienone is 3. The Morgan fingerprint density at radius 3 is 2.40 bits per heavy atom. The highest BCUT2D eigenvalue weighted by molar-refractivity contribution is 5.79. The number of ether oxygens (including phenoxy) is 2. The van der Waals surface area contributed by atoms with E-state index < -0.39 is 16.7 Å². The molecule has 0 radical (unpaired) electrons. The van der Waals surface area contributed by atoms with Crippen molar-refractivity contribution in [2.75, 3.05) is 26.3 Å². The number of alkyl halides is 1. The van der Waals surface area contributed by atoms with Gasteiger partial charge in [0.25, 0.3) is 0 Å². The highest BCUT2D eigenvalue weighted by Crippen LogP contribution is 2.41. The van der Waals surface area contributed by atoms with E-state index in [1.54, 1.807) is 40.7 Å². The van der Waals surface area contributed by atoms with Crippen molar-refractivity contribution in [3.8, 4) is 28.3 Å². The lowest BCUT2D eigenvalue weighted by molar-refractivity contribution is -0.142. The molecule has 0 amide bonds. The molecule has 278 valence electrons. The minimum atomic E-state index is -1.57. The van der Waals surface area contributed by atoms with Crippen LogP contribution in [0.1, 0.15) is 84.7 Å². The van der Waals surface area contributed by atoms with E-state index in [2.05, 4.69) is 50.8 Å². The largest absolute Gasteiger partial charge is 0.492 e. The summed E-state index contributed by atoms with van der Waals surface area (Å²) >= 11 is 0. The van der Waals surface area contributed by atoms with Crippen LogP contribution in [0.15, 0.2) is 72.3 Å². The second-order valence-corrected chi connectivity index (χ2v) is 16.3. The fourth-order valence-corrected chi connectivity index (χ4v) is 6.57. The van der Waals surface area contributed by atoms with Crippen LogP contribution in [0.2, 0.25) is 0 Å². The van der Waals surface area contributed by atoms with Crippen molar-refractivity contribution in [1.82, 2.24) is 19.5 Å². The van der Waals surface area contributed by atoms with Crippen LogP contribution in [0.3, 0.4) is 0 Å². The first kappa shape index (κ1) is 38.9. The van der Waals surface area contributed by atoms with E-state index in [1.807, 2.05) is 60.8 Å². The Kier molecular flexibility index (Phi) is 10.9. The number of hydrogen-bond acceptors (Lipinski definition) is 7. The smallest absolute Gasteiger partial charge is 0.310 e. The number of aryl methyl sites for hydroxylation is 2. The van der Waals surface area contributed by atoms with Crippen molar-refractivity contribution in [3.63, 3.8) is 0 Å². The van der Waals surface area contributed by atoms with E-state index in [4.69, 9.17) is 24.7 Å². The Morgan fingerprint density at radius 2 is 1.73 bits per heavy atom. The summed E-state index contributed by atoms with van der Waals surface area (Å²) in [7, 11) is 0. The molecule has 0 saturated heterocycles. The molecule has 2 aromatic carbocycles. The first-order chi connectivity index (χ1) is 24.2. The number of aliphatic hydroxyl groups is 1. The summed E-state index contributed by atoms with van der Waals surface area (Å²) in [5.41, 5.74) is 5.42. The van der Waals surface area contributed by atoms with Gasteiger partial charge in [-0.05, 0) is 111 Å². The average molecular weight is 711 g/mol. The fraction of sp³-hybridized carbons (Fsp3) is 0.465. The molecular formula is C43H55FN4O4. The normalized spacial score (nSPS) is 20.7. The molecule has 2 aromatic heterocycles. The quantitative estimate of drug-likeness (QED) is 0.168. The molecule has 9 heteroatoms. The van der Waals surface area contributed by atoms with Gasteiger partial charge in [0.15, 0.2) is 5.65 Å². The van der Waals surface area contributed by atoms with E-state index in [0.29, 0.717) is 32.0 Å². The number of esters is 1. The number of halogens is 1. The molecular weight excluding hydrogens is 655 g/mol. The third-order valence-electron chi connectivity index (χ3n) is 9.55. The van der Waals surface area contributed by atoms with Gasteiger partial charge in [-0.3, -0.25) is 9.69 Å². The standard InChI is InChI=1S/C39H45FN4O3.C4H10O/c1-9-46-35(45)21-31-26(3)41-34-22-32-27-11-10-12-29(19-27)38(7)15-16-39(8,40)30(23-38)24-43(37(4,5)6)17-18-47-33-20-28(14-13-25(33)2)36(31)44(34)42-32;1-4(2,3)5/h10-16,19-20,22-23H,9,17-18,21,24H2,1-8H3;5H,1-3H3. The van der Waals surface area contributed by atoms with Crippen molar-refractivity contribution in [2.45, 2.75) is 105 Å². The van der Waals surface area contributed by atoms with Crippen LogP contribution in [0.25, 0.3) is 28.2 Å². The van der Waals surface area contributed by atoms with Crippen LogP contribution >= 0.6 is 0 Å². The SMILES string of the molecule is CC(C)(C)O.CCOC(=O)Cc1c(C)nc2cc3nn2c1-c1ccc(C)c(c1)OCCN(C(C)(C)C)CC1=CC(C)(C=CC1(C)F)c1cccc-3c1. The summed E-state index contributed by atoms with van der Waals surface area (Å²) in [4.78, 5) is 20.0. The monoisotopic (exact) mass is 710 g/mol. The molecule has 8 nitrogen and oxygen atoms in total. The minimum absolute atomic E-state index is 0.0695. The van der Waals surface area contributed by atoms with Crippen LogP contribution in [0.5, 0.6) is 5.75 Å². The number of fused-ring (bicyclic) bond motifs is 9. The van der Waals surface area contributed by atoms with Crippen LogP contribution in [-0.2, 0) is 21.4 Å². The first-order valence-electron chi connectivity index (χ1n) is 18.2. The second-order valence-electron chi connectivity index (χ2n) is 16.3. The number of hydrogen-bond donors (Lipinski definition) is 1. The van der Waals surface area contributed by atoms with Gasteiger partial charge >= 0.3 is 5.97 Å². The van der Waals surface area contributed by atoms with Gasteiger partial charge in [-0.15, -0.1) is 0 Å². The van der Waals surface area contributed by atoms with Gasteiger partial charge in [-0.25, -0.2) is 13.9 Å². The Hall–Kier alpha value is -4.34. The molecule has 2 atom stereocenters. The van der Waals surface area contributed by atoms with Crippen LogP contribution < -0.4 is 4.74 Å². The maximum Gasteiger partial charge on any atom is 0.310 e. The number of nitrogens with zero attached hydrogens (tertiary/aromatic N) is 4. The summed E-state index contributed by atoms with van der Waals surface area (Å²) in [6, 6.07) is 16.3. The molecule has 0 fully saturated rings. The fourth-order valence-electron chi connectivity index (χ4n) is 6.57. The Labute approximate surface area is 308 Å². The summed E-state index contributed by atoms with van der Waals surface area (Å²) in [5, 5.41) is 13.6. The maximum atomic E-state index is 16.2. The summed E-state index contributed by atoms with van der Waals surface area (Å²) in [5.74, 6) is 0.425. The lowest BCUT2D eigenvalue weighted by Crippen LogP contribution is -2.47. The van der Waals surface area contributed by atoms with Crippen molar-refractivity contribution in [2.24, 2.45) is 0 Å². The number of rotatable bonds is 3. The third kappa shape index (κ3) is 8.81. The van der Waals surface area contributed by atoms with Crippen molar-refractivity contribution in [3.05, 3.63) is 94.7 Å². The minimum Gasteiger partial charge on any atom is -0.492 e. The van der Waals surface area contributed by atoms with Gasteiger partial charge < -0.3 is 14.6 Å². The molecule has 52 heavy (non-hydrogen) atoms. The Bertz CT molecular complexity index is 2010. The van der Waals surface area contributed by atoms with E-state index in [0.717, 1.165) is 56.2 Å². The van der Waals surface area contributed by atoms with Gasteiger partial charge in [0.05, 0.1) is 30.0 Å². The zero-order valence-corrected chi connectivity index (χ0v) is 32.7. The first-order valence-corrected chi connectivity index (χ1v) is 18.2. The summed E-state index contributed by atoms with van der Waals surface area (Å²) in [6.45, 7) is 23.0. The predicted molar refractivity (Wildman–Crippen MR) is 207 cm³/mol. The van der Waals surface area contributed by atoms with E-state index in [1.165, 1.54) is 0 Å². The maximum absolute atomic E-state index is 16.2. The van der Waals surface area contributed by atoms with Gasteiger partial charge in [-0.1, -0.05) is 42.5 Å². The molecule has 6 rings (SSSR count). The number of carbonyl (C=O) groups is 1. The molecule has 1 aliphatic heterocycles. The van der Waals surface area contributed by atoms with E-state index in [-0.39, 0.29) is 17.9 Å². The van der Waals surface area contributed by atoms with Gasteiger partial charge in [0.1, 0.15) is 18.0 Å². The molecule has 4 aromatic rings. The van der Waals surface area contributed by atoms with Crippen LogP contribution in [0, 0.1) is 13.8 Å². The average Bonchev–Trinajstić information content (AvgIpc) is 3.46. The topological polar surface area (TPSA) is 89.2 Å². The summed E-state index contributed by atoms with van der Waals surface area (Å²) in [6.07, 6.45) is 5.84. The van der Waals surface area contributed by atoms with Crippen molar-refractivity contribution < 1.29 is 23.8 Å². The van der Waals surface area contributed by atoms with Crippen LogP contribution in [-0.4, -0.2) is 73.7 Å². The van der Waals surface area contributed by atoms with Gasteiger partial charge in [-0.2, -0.15) is 5.10 Å². The number of carbonyl (C=O) groups excluding carboxylic acids is 1. The van der Waals surface area contributed by atoms with E-state index in [9.17, 15) is 4.79 Å². The van der Waals surface area contributed by atoms with Crippen molar-refractivity contribution >= 4 is 11.6 Å². The molecule has 0 saturated carbocycles. The molecule has 0 spiro atoms. The van der Waals surface area contributed by atoms with Crippen LogP contribution in [0.4, 0.5) is 4.39 Å². The lowest BCUT2D eigenvalue weighted by atomic mass is 9.73.